The SMILES string of the molecule is CCOC1CC(Nc2ccc(Cl)nc2C)C1. The molecule has 0 amide bonds. The van der Waals surface area contributed by atoms with Gasteiger partial charge in [-0.1, -0.05) is 11.6 Å². The van der Waals surface area contributed by atoms with E-state index >= 15 is 0 Å². The van der Waals surface area contributed by atoms with E-state index < -0.39 is 0 Å². The number of hydrogen-bond donors (Lipinski definition) is 1. The number of pyridine rings is 1. The van der Waals surface area contributed by atoms with Gasteiger partial charge in [-0.05, 0) is 38.8 Å². The van der Waals surface area contributed by atoms with Gasteiger partial charge in [0.25, 0.3) is 0 Å². The maximum atomic E-state index is 5.81. The molecule has 2 rings (SSSR count). The van der Waals surface area contributed by atoms with E-state index in [0.717, 1.165) is 30.8 Å². The van der Waals surface area contributed by atoms with Crippen molar-refractivity contribution in [2.24, 2.45) is 0 Å². The Morgan fingerprint density at radius 3 is 2.88 bits per heavy atom. The van der Waals surface area contributed by atoms with Crippen molar-refractivity contribution in [3.8, 4) is 0 Å². The number of aryl methyl sites for hydroxylation is 1. The minimum absolute atomic E-state index is 0.433. The van der Waals surface area contributed by atoms with Crippen LogP contribution in [-0.4, -0.2) is 23.7 Å². The summed E-state index contributed by atoms with van der Waals surface area (Å²) in [5, 5.41) is 4.01. The largest absolute Gasteiger partial charge is 0.381 e. The Balaban J connectivity index is 1.87. The summed E-state index contributed by atoms with van der Waals surface area (Å²) in [7, 11) is 0. The highest BCUT2D eigenvalue weighted by atomic mass is 35.5. The fourth-order valence-corrected chi connectivity index (χ4v) is 2.15. The van der Waals surface area contributed by atoms with Gasteiger partial charge in [0, 0.05) is 12.6 Å². The van der Waals surface area contributed by atoms with Crippen LogP contribution >= 0.6 is 11.6 Å². The highest BCUT2D eigenvalue weighted by Crippen LogP contribution is 2.28. The van der Waals surface area contributed by atoms with Gasteiger partial charge >= 0.3 is 0 Å². The third kappa shape index (κ3) is 2.66. The Morgan fingerprint density at radius 1 is 1.50 bits per heavy atom. The second-order valence-electron chi connectivity index (χ2n) is 4.16. The molecule has 1 aromatic heterocycles. The zero-order valence-electron chi connectivity index (χ0n) is 9.66. The van der Waals surface area contributed by atoms with Crippen molar-refractivity contribution >= 4 is 17.3 Å². The smallest absolute Gasteiger partial charge is 0.129 e. The lowest BCUT2D eigenvalue weighted by atomic mass is 9.89. The number of rotatable bonds is 4. The quantitative estimate of drug-likeness (QED) is 0.822. The molecule has 1 heterocycles. The molecule has 0 spiro atoms. The first kappa shape index (κ1) is 11.7. The number of nitrogens with zero attached hydrogens (tertiary/aromatic N) is 1. The van der Waals surface area contributed by atoms with Crippen molar-refractivity contribution in [3.05, 3.63) is 23.0 Å². The molecule has 0 radical (unpaired) electrons. The molecule has 0 atom stereocenters. The zero-order valence-corrected chi connectivity index (χ0v) is 10.4. The average molecular weight is 241 g/mol. The Kier molecular flexibility index (Phi) is 3.66. The summed E-state index contributed by atoms with van der Waals surface area (Å²) < 4.78 is 5.52. The lowest BCUT2D eigenvalue weighted by Gasteiger charge is -2.36. The van der Waals surface area contributed by atoms with Gasteiger partial charge in [-0.25, -0.2) is 4.98 Å². The van der Waals surface area contributed by atoms with Crippen LogP contribution in [0.25, 0.3) is 0 Å². The molecular formula is C12H17ClN2O. The van der Waals surface area contributed by atoms with Crippen LogP contribution in [0, 0.1) is 6.92 Å². The Morgan fingerprint density at radius 2 is 2.25 bits per heavy atom. The minimum Gasteiger partial charge on any atom is -0.381 e. The fourth-order valence-electron chi connectivity index (χ4n) is 1.96. The molecule has 1 aliphatic carbocycles. The monoisotopic (exact) mass is 240 g/mol. The topological polar surface area (TPSA) is 34.1 Å². The second kappa shape index (κ2) is 5.02. The van der Waals surface area contributed by atoms with Crippen LogP contribution in [-0.2, 0) is 4.74 Å². The van der Waals surface area contributed by atoms with Crippen LogP contribution in [0.2, 0.25) is 5.15 Å². The number of halogens is 1. The molecule has 1 saturated carbocycles. The van der Waals surface area contributed by atoms with E-state index in [0.29, 0.717) is 17.3 Å². The molecule has 3 nitrogen and oxygen atoms in total. The predicted octanol–water partition coefficient (Wildman–Crippen LogP) is 3.02. The van der Waals surface area contributed by atoms with Crippen molar-refractivity contribution in [1.29, 1.82) is 0 Å². The number of aromatic nitrogens is 1. The summed E-state index contributed by atoms with van der Waals surface area (Å²) in [6, 6.07) is 4.31. The normalized spacial score (nSPS) is 23.9. The van der Waals surface area contributed by atoms with E-state index in [2.05, 4.69) is 10.3 Å². The molecular weight excluding hydrogens is 224 g/mol. The highest BCUT2D eigenvalue weighted by Gasteiger charge is 2.29. The Bertz CT molecular complexity index is 364. The van der Waals surface area contributed by atoms with Gasteiger partial charge < -0.3 is 10.1 Å². The molecule has 4 heteroatoms. The second-order valence-corrected chi connectivity index (χ2v) is 4.54. The highest BCUT2D eigenvalue weighted by molar-refractivity contribution is 6.29. The van der Waals surface area contributed by atoms with Crippen molar-refractivity contribution in [3.63, 3.8) is 0 Å². The van der Waals surface area contributed by atoms with Crippen molar-refractivity contribution in [1.82, 2.24) is 4.98 Å². The van der Waals surface area contributed by atoms with Gasteiger partial charge in [-0.15, -0.1) is 0 Å². The van der Waals surface area contributed by atoms with Gasteiger partial charge in [-0.2, -0.15) is 0 Å². The van der Waals surface area contributed by atoms with Crippen LogP contribution in [0.15, 0.2) is 12.1 Å². The summed E-state index contributed by atoms with van der Waals surface area (Å²) >= 11 is 5.81. The van der Waals surface area contributed by atoms with E-state index in [-0.39, 0.29) is 0 Å². The van der Waals surface area contributed by atoms with E-state index in [1.165, 1.54) is 0 Å². The number of ether oxygens (including phenoxy) is 1. The lowest BCUT2D eigenvalue weighted by Crippen LogP contribution is -2.41. The zero-order chi connectivity index (χ0) is 11.5. The third-order valence-corrected chi connectivity index (χ3v) is 3.12. The van der Waals surface area contributed by atoms with Crippen LogP contribution in [0.5, 0.6) is 0 Å². The van der Waals surface area contributed by atoms with Crippen molar-refractivity contribution in [2.45, 2.75) is 38.8 Å². The Hall–Kier alpha value is -0.800. The van der Waals surface area contributed by atoms with Gasteiger partial charge in [0.2, 0.25) is 0 Å². The van der Waals surface area contributed by atoms with E-state index in [4.69, 9.17) is 16.3 Å². The number of anilines is 1. The Labute approximate surface area is 101 Å². The van der Waals surface area contributed by atoms with Gasteiger partial charge in [0.1, 0.15) is 5.15 Å². The number of hydrogen-bond acceptors (Lipinski definition) is 3. The average Bonchev–Trinajstić information content (AvgIpc) is 2.18. The molecule has 16 heavy (non-hydrogen) atoms. The molecule has 1 aromatic rings. The molecule has 88 valence electrons. The first-order valence-corrected chi connectivity index (χ1v) is 6.08. The molecule has 0 saturated heterocycles. The van der Waals surface area contributed by atoms with Gasteiger partial charge in [0.05, 0.1) is 17.5 Å². The van der Waals surface area contributed by atoms with Gasteiger partial charge in [-0.3, -0.25) is 0 Å². The first-order chi connectivity index (χ1) is 7.69. The summed E-state index contributed by atoms with van der Waals surface area (Å²) in [5.74, 6) is 0. The van der Waals surface area contributed by atoms with Crippen LogP contribution < -0.4 is 5.32 Å². The lowest BCUT2D eigenvalue weighted by molar-refractivity contribution is 0.00297. The van der Waals surface area contributed by atoms with E-state index in [1.54, 1.807) is 0 Å². The van der Waals surface area contributed by atoms with Crippen LogP contribution in [0.4, 0.5) is 5.69 Å². The maximum Gasteiger partial charge on any atom is 0.129 e. The summed E-state index contributed by atoms with van der Waals surface area (Å²) in [4.78, 5) is 4.21. The molecule has 1 fully saturated rings. The third-order valence-electron chi connectivity index (χ3n) is 2.91. The summed E-state index contributed by atoms with van der Waals surface area (Å²) in [6.45, 7) is 4.81. The predicted molar refractivity (Wildman–Crippen MR) is 66.0 cm³/mol. The molecule has 1 aliphatic rings. The minimum atomic E-state index is 0.433. The molecule has 0 aliphatic heterocycles. The molecule has 1 N–H and O–H groups in total. The van der Waals surface area contributed by atoms with Crippen LogP contribution in [0.1, 0.15) is 25.5 Å². The van der Waals surface area contributed by atoms with E-state index in [1.807, 2.05) is 26.0 Å². The summed E-state index contributed by atoms with van der Waals surface area (Å²) in [6.07, 6.45) is 2.59. The number of nitrogens with one attached hydrogen (secondary N) is 1. The van der Waals surface area contributed by atoms with Crippen molar-refractivity contribution in [2.75, 3.05) is 11.9 Å². The molecule has 0 unspecified atom stereocenters. The molecule has 0 aromatic carbocycles. The standard InChI is InChI=1S/C12H17ClN2O/c1-3-16-10-6-9(7-10)15-11-4-5-12(13)14-8(11)2/h4-5,9-10,15H,3,6-7H2,1-2H3. The molecule has 0 bridgehead atoms. The van der Waals surface area contributed by atoms with E-state index in [9.17, 15) is 0 Å². The van der Waals surface area contributed by atoms with Crippen LogP contribution in [0.3, 0.4) is 0 Å². The van der Waals surface area contributed by atoms with Gasteiger partial charge in [0.15, 0.2) is 0 Å². The maximum absolute atomic E-state index is 5.81. The first-order valence-electron chi connectivity index (χ1n) is 5.70. The summed E-state index contributed by atoms with van der Waals surface area (Å²) in [5.41, 5.74) is 2.02. The fraction of sp³-hybridized carbons (Fsp3) is 0.583. The van der Waals surface area contributed by atoms with Crippen molar-refractivity contribution < 1.29 is 4.74 Å².